The third-order valence-corrected chi connectivity index (χ3v) is 5.97. The fraction of sp³-hybridized carbons (Fsp3) is 0.364. The first-order valence-electron chi connectivity index (χ1n) is 9.58. The maximum absolute atomic E-state index is 13.0. The maximum Gasteiger partial charge on any atom is 0.227 e. The molecule has 1 saturated carbocycles. The summed E-state index contributed by atoms with van der Waals surface area (Å²) < 4.78 is 13.0. The first-order valence-corrected chi connectivity index (χ1v) is 9.96. The minimum absolute atomic E-state index is 0.00127. The lowest BCUT2D eigenvalue weighted by atomic mass is 10.1. The highest BCUT2D eigenvalue weighted by Crippen LogP contribution is 2.50. The lowest BCUT2D eigenvalue weighted by Crippen LogP contribution is -2.51. The molecule has 0 spiro atoms. The lowest BCUT2D eigenvalue weighted by Gasteiger charge is -2.35. The van der Waals surface area contributed by atoms with Crippen LogP contribution in [0.2, 0.25) is 5.02 Å². The molecule has 0 radical (unpaired) electrons. The first kappa shape index (κ1) is 18.9. The molecule has 4 nitrogen and oxygen atoms in total. The smallest absolute Gasteiger partial charge is 0.227 e. The summed E-state index contributed by atoms with van der Waals surface area (Å²) in [6.45, 7) is 2.18. The van der Waals surface area contributed by atoms with Gasteiger partial charge in [-0.3, -0.25) is 9.59 Å². The SMILES string of the molecule is O=C(Cc1ccc(F)cc1)N1CCN(C(=O)C2CC2c2ccccc2Cl)CC1. The summed E-state index contributed by atoms with van der Waals surface area (Å²) in [6, 6.07) is 13.7. The number of nitrogens with zero attached hydrogens (tertiary/aromatic N) is 2. The van der Waals surface area contributed by atoms with Crippen LogP contribution in [0.25, 0.3) is 0 Å². The van der Waals surface area contributed by atoms with Crippen LogP contribution in [0.15, 0.2) is 48.5 Å². The molecule has 0 aromatic heterocycles. The average Bonchev–Trinajstić information content (AvgIpc) is 3.50. The van der Waals surface area contributed by atoms with Crippen molar-refractivity contribution in [1.29, 1.82) is 0 Å². The Morgan fingerprint density at radius 2 is 1.61 bits per heavy atom. The quantitative estimate of drug-likeness (QED) is 0.788. The van der Waals surface area contributed by atoms with Crippen molar-refractivity contribution in [1.82, 2.24) is 9.80 Å². The molecule has 2 fully saturated rings. The van der Waals surface area contributed by atoms with Gasteiger partial charge in [0.15, 0.2) is 0 Å². The zero-order valence-corrected chi connectivity index (χ0v) is 16.2. The molecule has 1 saturated heterocycles. The Bertz CT molecular complexity index is 878. The first-order chi connectivity index (χ1) is 13.5. The fourth-order valence-corrected chi connectivity index (χ4v) is 4.16. The van der Waals surface area contributed by atoms with E-state index in [4.69, 9.17) is 11.6 Å². The molecule has 2 atom stereocenters. The van der Waals surface area contributed by atoms with Gasteiger partial charge >= 0.3 is 0 Å². The molecule has 6 heteroatoms. The number of rotatable bonds is 4. The van der Waals surface area contributed by atoms with E-state index in [1.807, 2.05) is 29.2 Å². The van der Waals surface area contributed by atoms with Gasteiger partial charge in [0, 0.05) is 37.1 Å². The van der Waals surface area contributed by atoms with Crippen LogP contribution < -0.4 is 0 Å². The second-order valence-electron chi connectivity index (χ2n) is 7.48. The van der Waals surface area contributed by atoms with Gasteiger partial charge in [-0.15, -0.1) is 0 Å². The molecule has 1 aliphatic carbocycles. The molecule has 28 heavy (non-hydrogen) atoms. The van der Waals surface area contributed by atoms with E-state index in [9.17, 15) is 14.0 Å². The van der Waals surface area contributed by atoms with Crippen molar-refractivity contribution in [2.24, 2.45) is 5.92 Å². The van der Waals surface area contributed by atoms with Gasteiger partial charge in [0.1, 0.15) is 5.82 Å². The summed E-state index contributed by atoms with van der Waals surface area (Å²) in [5, 5.41) is 0.721. The zero-order valence-electron chi connectivity index (χ0n) is 15.5. The predicted molar refractivity (Wildman–Crippen MR) is 106 cm³/mol. The summed E-state index contributed by atoms with van der Waals surface area (Å²) in [4.78, 5) is 28.9. The summed E-state index contributed by atoms with van der Waals surface area (Å²) in [5.74, 6) is 0.0776. The second kappa shape index (κ2) is 7.92. The normalized spacial score (nSPS) is 21.5. The minimum Gasteiger partial charge on any atom is -0.339 e. The number of carbonyl (C=O) groups is 2. The van der Waals surface area contributed by atoms with Crippen LogP contribution in [-0.2, 0) is 16.0 Å². The topological polar surface area (TPSA) is 40.6 Å². The van der Waals surface area contributed by atoms with Gasteiger partial charge < -0.3 is 9.80 Å². The number of halogens is 2. The predicted octanol–water partition coefficient (Wildman–Crippen LogP) is 3.50. The Labute approximate surface area is 168 Å². The molecule has 0 N–H and O–H groups in total. The lowest BCUT2D eigenvalue weighted by molar-refractivity contribution is -0.140. The maximum atomic E-state index is 13.0. The van der Waals surface area contributed by atoms with Gasteiger partial charge in [-0.2, -0.15) is 0 Å². The summed E-state index contributed by atoms with van der Waals surface area (Å²) >= 11 is 6.25. The summed E-state index contributed by atoms with van der Waals surface area (Å²) in [6.07, 6.45) is 1.09. The molecule has 0 bridgehead atoms. The molecule has 2 aromatic rings. The van der Waals surface area contributed by atoms with Gasteiger partial charge in [-0.05, 0) is 41.7 Å². The van der Waals surface area contributed by atoms with Crippen LogP contribution in [0.5, 0.6) is 0 Å². The van der Waals surface area contributed by atoms with Gasteiger partial charge in [-0.25, -0.2) is 4.39 Å². The van der Waals surface area contributed by atoms with Crippen molar-refractivity contribution in [3.05, 3.63) is 70.5 Å². The largest absolute Gasteiger partial charge is 0.339 e. The molecular weight excluding hydrogens is 379 g/mol. The standard InChI is InChI=1S/C22H22ClFN2O2/c23-20-4-2-1-3-17(20)18-14-19(18)22(28)26-11-9-25(10-12-26)21(27)13-15-5-7-16(24)8-6-15/h1-8,18-19H,9-14H2. The van der Waals surface area contributed by atoms with Gasteiger partial charge in [0.2, 0.25) is 11.8 Å². The Kier molecular flexibility index (Phi) is 5.36. The molecule has 1 heterocycles. The Morgan fingerprint density at radius 1 is 0.964 bits per heavy atom. The van der Waals surface area contributed by atoms with Crippen molar-refractivity contribution in [3.8, 4) is 0 Å². The van der Waals surface area contributed by atoms with Crippen molar-refractivity contribution >= 4 is 23.4 Å². The third kappa shape index (κ3) is 4.04. The van der Waals surface area contributed by atoms with E-state index in [0.717, 1.165) is 22.6 Å². The van der Waals surface area contributed by atoms with Crippen molar-refractivity contribution < 1.29 is 14.0 Å². The number of carbonyl (C=O) groups excluding carboxylic acids is 2. The van der Waals surface area contributed by atoms with E-state index in [1.54, 1.807) is 17.0 Å². The molecular formula is C22H22ClFN2O2. The number of piperazine rings is 1. The number of amides is 2. The summed E-state index contributed by atoms with van der Waals surface area (Å²) in [7, 11) is 0. The highest BCUT2D eigenvalue weighted by molar-refractivity contribution is 6.31. The summed E-state index contributed by atoms with van der Waals surface area (Å²) in [5.41, 5.74) is 1.85. The second-order valence-corrected chi connectivity index (χ2v) is 7.89. The molecule has 2 amide bonds. The fourth-order valence-electron chi connectivity index (χ4n) is 3.89. The Hall–Kier alpha value is -2.40. The Morgan fingerprint density at radius 3 is 2.29 bits per heavy atom. The van der Waals surface area contributed by atoms with Crippen molar-refractivity contribution in [2.45, 2.75) is 18.8 Å². The van der Waals surface area contributed by atoms with Crippen molar-refractivity contribution in [3.63, 3.8) is 0 Å². The monoisotopic (exact) mass is 400 g/mol. The highest BCUT2D eigenvalue weighted by atomic mass is 35.5. The van der Waals surface area contributed by atoms with Crippen molar-refractivity contribution in [2.75, 3.05) is 26.2 Å². The Balaban J connectivity index is 1.28. The van der Waals surface area contributed by atoms with Crippen LogP contribution in [0.1, 0.15) is 23.5 Å². The molecule has 2 aliphatic rings. The van der Waals surface area contributed by atoms with Crippen LogP contribution in [0.4, 0.5) is 4.39 Å². The zero-order chi connectivity index (χ0) is 19.7. The minimum atomic E-state index is -0.307. The average molecular weight is 401 g/mol. The number of hydrogen-bond donors (Lipinski definition) is 0. The van der Waals surface area contributed by atoms with Gasteiger partial charge in [0.05, 0.1) is 6.42 Å². The van der Waals surface area contributed by atoms with Crippen LogP contribution >= 0.6 is 11.6 Å². The van der Waals surface area contributed by atoms with E-state index in [0.29, 0.717) is 26.2 Å². The van der Waals surface area contributed by atoms with Gasteiger partial charge in [0.25, 0.3) is 0 Å². The molecule has 4 rings (SSSR count). The molecule has 2 aromatic carbocycles. The van der Waals surface area contributed by atoms with Crippen LogP contribution in [0, 0.1) is 11.7 Å². The van der Waals surface area contributed by atoms with E-state index < -0.39 is 0 Å². The van der Waals surface area contributed by atoms with E-state index in [-0.39, 0.29) is 35.9 Å². The van der Waals surface area contributed by atoms with Crippen LogP contribution in [-0.4, -0.2) is 47.8 Å². The van der Waals surface area contributed by atoms with E-state index >= 15 is 0 Å². The molecule has 1 aliphatic heterocycles. The van der Waals surface area contributed by atoms with E-state index in [2.05, 4.69) is 0 Å². The van der Waals surface area contributed by atoms with Crippen LogP contribution in [0.3, 0.4) is 0 Å². The van der Waals surface area contributed by atoms with E-state index in [1.165, 1.54) is 12.1 Å². The molecule has 146 valence electrons. The van der Waals surface area contributed by atoms with Gasteiger partial charge in [-0.1, -0.05) is 41.9 Å². The number of hydrogen-bond acceptors (Lipinski definition) is 2. The third-order valence-electron chi connectivity index (χ3n) is 5.62. The molecule has 2 unspecified atom stereocenters. The number of benzene rings is 2. The highest BCUT2D eigenvalue weighted by Gasteiger charge is 2.46.